The molecule has 0 saturated heterocycles. The average molecular weight is 262 g/mol. The number of aromatic nitrogens is 2. The van der Waals surface area contributed by atoms with Crippen molar-refractivity contribution in [3.63, 3.8) is 0 Å². The van der Waals surface area contributed by atoms with Crippen LogP contribution in [-0.4, -0.2) is 15.3 Å². The first-order valence-corrected chi connectivity index (χ1v) is 6.45. The number of aliphatic hydroxyl groups is 1. The highest BCUT2D eigenvalue weighted by Crippen LogP contribution is 2.20. The van der Waals surface area contributed by atoms with Crippen molar-refractivity contribution in [3.05, 3.63) is 41.6 Å². The third-order valence-electron chi connectivity index (χ3n) is 2.83. The molecule has 19 heavy (non-hydrogen) atoms. The summed E-state index contributed by atoms with van der Waals surface area (Å²) in [6, 6.07) is 7.36. The van der Waals surface area contributed by atoms with Gasteiger partial charge in [0.15, 0.2) is 6.61 Å². The fourth-order valence-electron chi connectivity index (χ4n) is 1.66. The van der Waals surface area contributed by atoms with Gasteiger partial charge in [-0.2, -0.15) is 0 Å². The summed E-state index contributed by atoms with van der Waals surface area (Å²) >= 11 is 0. The van der Waals surface area contributed by atoms with Crippen LogP contribution in [0.15, 0.2) is 28.7 Å². The number of ether oxygens (including phenoxy) is 1. The molecule has 1 aromatic carbocycles. The second kappa shape index (κ2) is 6.33. The molecule has 2 rings (SSSR count). The van der Waals surface area contributed by atoms with E-state index in [1.54, 1.807) is 0 Å². The molecule has 0 saturated carbocycles. The van der Waals surface area contributed by atoms with Crippen LogP contribution in [0.25, 0.3) is 0 Å². The largest absolute Gasteiger partial charge is 0.484 e. The molecule has 5 heteroatoms. The Balaban J connectivity index is 1.92. The summed E-state index contributed by atoms with van der Waals surface area (Å²) in [4.78, 5) is 0. The molecule has 0 spiro atoms. The first kappa shape index (κ1) is 13.5. The van der Waals surface area contributed by atoms with Crippen LogP contribution in [0, 0.1) is 0 Å². The van der Waals surface area contributed by atoms with Crippen LogP contribution in [-0.2, 0) is 13.0 Å². The van der Waals surface area contributed by atoms with E-state index in [1.165, 1.54) is 0 Å². The fraction of sp³-hybridized carbons (Fsp3) is 0.429. The van der Waals surface area contributed by atoms with E-state index < -0.39 is 6.10 Å². The Bertz CT molecular complexity index is 508. The number of aryl methyl sites for hydroxylation is 1. The summed E-state index contributed by atoms with van der Waals surface area (Å²) in [7, 11) is 0. The van der Waals surface area contributed by atoms with Gasteiger partial charge in [-0.1, -0.05) is 26.0 Å². The van der Waals surface area contributed by atoms with Crippen molar-refractivity contribution in [3.8, 4) is 5.75 Å². The van der Waals surface area contributed by atoms with Gasteiger partial charge >= 0.3 is 0 Å². The smallest absolute Gasteiger partial charge is 0.253 e. The van der Waals surface area contributed by atoms with Gasteiger partial charge in [-0.25, -0.2) is 0 Å². The molecule has 102 valence electrons. The molecule has 0 bridgehead atoms. The summed E-state index contributed by atoms with van der Waals surface area (Å²) < 4.78 is 10.9. The first-order chi connectivity index (χ1) is 9.22. The van der Waals surface area contributed by atoms with Gasteiger partial charge in [-0.3, -0.25) is 0 Å². The summed E-state index contributed by atoms with van der Waals surface area (Å²) in [5.74, 6) is 1.79. The van der Waals surface area contributed by atoms with Gasteiger partial charge < -0.3 is 14.3 Å². The Kier molecular flexibility index (Phi) is 4.52. The predicted molar refractivity (Wildman–Crippen MR) is 69.7 cm³/mol. The molecule has 1 atom stereocenters. The zero-order valence-corrected chi connectivity index (χ0v) is 11.2. The molecule has 1 heterocycles. The monoisotopic (exact) mass is 262 g/mol. The Hall–Kier alpha value is -1.88. The van der Waals surface area contributed by atoms with Gasteiger partial charge in [0.1, 0.15) is 5.75 Å². The van der Waals surface area contributed by atoms with Crippen LogP contribution in [0.3, 0.4) is 0 Å². The minimum atomic E-state index is -0.419. The second-order valence-corrected chi connectivity index (χ2v) is 4.22. The Morgan fingerprint density at radius 1 is 1.16 bits per heavy atom. The van der Waals surface area contributed by atoms with Crippen LogP contribution in [0.4, 0.5) is 0 Å². The lowest BCUT2D eigenvalue weighted by Crippen LogP contribution is -1.97. The first-order valence-electron chi connectivity index (χ1n) is 6.45. The van der Waals surface area contributed by atoms with Crippen molar-refractivity contribution in [1.29, 1.82) is 0 Å². The van der Waals surface area contributed by atoms with Crippen LogP contribution in [0.1, 0.15) is 43.7 Å². The number of nitrogens with zero attached hydrogens (tertiary/aromatic N) is 2. The maximum Gasteiger partial charge on any atom is 0.253 e. The third-order valence-corrected chi connectivity index (χ3v) is 2.83. The summed E-state index contributed by atoms with van der Waals surface area (Å²) in [6.07, 6.45) is 0.996. The summed E-state index contributed by atoms with van der Waals surface area (Å²) in [5, 5.41) is 17.4. The zero-order chi connectivity index (χ0) is 13.7. The van der Waals surface area contributed by atoms with Crippen LogP contribution in [0.5, 0.6) is 5.75 Å². The van der Waals surface area contributed by atoms with E-state index in [4.69, 9.17) is 9.15 Å². The van der Waals surface area contributed by atoms with E-state index in [2.05, 4.69) is 10.2 Å². The Labute approximate surface area is 112 Å². The highest BCUT2D eigenvalue weighted by Gasteiger charge is 2.07. The van der Waals surface area contributed by atoms with E-state index >= 15 is 0 Å². The molecule has 0 fully saturated rings. The minimum Gasteiger partial charge on any atom is -0.484 e. The number of benzene rings is 1. The average Bonchev–Trinajstić information content (AvgIpc) is 2.93. The van der Waals surface area contributed by atoms with Crippen LogP contribution in [0.2, 0.25) is 0 Å². The van der Waals surface area contributed by atoms with Crippen molar-refractivity contribution in [2.45, 2.75) is 39.4 Å². The van der Waals surface area contributed by atoms with Gasteiger partial charge in [-0.05, 0) is 24.1 Å². The van der Waals surface area contributed by atoms with Gasteiger partial charge in [-0.15, -0.1) is 10.2 Å². The summed E-state index contributed by atoms with van der Waals surface area (Å²) in [6.45, 7) is 4.15. The van der Waals surface area contributed by atoms with Crippen molar-refractivity contribution in [1.82, 2.24) is 10.2 Å². The SMILES string of the molecule is CCc1nnc(COc2ccc([C@H](O)CC)cc2)o1. The predicted octanol–water partition coefficient (Wildman–Crippen LogP) is 2.65. The standard InChI is InChI=1S/C14H18N2O3/c1-3-12(17)10-5-7-11(8-6-10)18-9-14-16-15-13(4-2)19-14/h5-8,12,17H,3-4,9H2,1-2H3/t12-/m1/s1. The van der Waals surface area contributed by atoms with E-state index in [0.717, 1.165) is 12.0 Å². The molecule has 5 nitrogen and oxygen atoms in total. The lowest BCUT2D eigenvalue weighted by Gasteiger charge is -2.09. The third kappa shape index (κ3) is 3.54. The number of aliphatic hydroxyl groups excluding tert-OH is 1. The minimum absolute atomic E-state index is 0.253. The van der Waals surface area contributed by atoms with Crippen LogP contribution < -0.4 is 4.74 Å². The maximum absolute atomic E-state index is 9.68. The van der Waals surface area contributed by atoms with Crippen molar-refractivity contribution < 1.29 is 14.3 Å². The van der Waals surface area contributed by atoms with Gasteiger partial charge in [0.2, 0.25) is 5.89 Å². The molecule has 0 aliphatic heterocycles. The Morgan fingerprint density at radius 3 is 2.42 bits per heavy atom. The second-order valence-electron chi connectivity index (χ2n) is 4.22. The van der Waals surface area contributed by atoms with Gasteiger partial charge in [0, 0.05) is 6.42 Å². The normalized spacial score (nSPS) is 12.4. The molecular weight excluding hydrogens is 244 g/mol. The molecule has 0 unspecified atom stereocenters. The van der Waals surface area contributed by atoms with Gasteiger partial charge in [0.05, 0.1) is 6.10 Å². The van der Waals surface area contributed by atoms with Crippen molar-refractivity contribution >= 4 is 0 Å². The van der Waals surface area contributed by atoms with Crippen molar-refractivity contribution in [2.24, 2.45) is 0 Å². The molecule has 1 aromatic heterocycles. The quantitative estimate of drug-likeness (QED) is 0.866. The topological polar surface area (TPSA) is 68.4 Å². The molecule has 0 amide bonds. The summed E-state index contributed by atoms with van der Waals surface area (Å²) in [5.41, 5.74) is 0.890. The number of hydrogen-bond donors (Lipinski definition) is 1. The van der Waals surface area contributed by atoms with E-state index in [1.807, 2.05) is 38.1 Å². The molecule has 2 aromatic rings. The highest BCUT2D eigenvalue weighted by molar-refractivity contribution is 5.28. The molecule has 0 aliphatic rings. The van der Waals surface area contributed by atoms with Crippen molar-refractivity contribution in [2.75, 3.05) is 0 Å². The molecule has 1 N–H and O–H groups in total. The van der Waals surface area contributed by atoms with Crippen LogP contribution >= 0.6 is 0 Å². The van der Waals surface area contributed by atoms with Gasteiger partial charge in [0.25, 0.3) is 5.89 Å². The Morgan fingerprint density at radius 2 is 1.84 bits per heavy atom. The van der Waals surface area contributed by atoms with E-state index in [-0.39, 0.29) is 6.61 Å². The lowest BCUT2D eigenvalue weighted by molar-refractivity contribution is 0.173. The lowest BCUT2D eigenvalue weighted by atomic mass is 10.1. The highest BCUT2D eigenvalue weighted by atomic mass is 16.5. The molecule has 0 aliphatic carbocycles. The fourth-order valence-corrected chi connectivity index (χ4v) is 1.66. The molecular formula is C14H18N2O3. The number of hydrogen-bond acceptors (Lipinski definition) is 5. The zero-order valence-electron chi connectivity index (χ0n) is 11.2. The van der Waals surface area contributed by atoms with E-state index in [0.29, 0.717) is 24.0 Å². The molecule has 0 radical (unpaired) electrons. The van der Waals surface area contributed by atoms with E-state index in [9.17, 15) is 5.11 Å². The maximum atomic E-state index is 9.68. The number of rotatable bonds is 6.